The van der Waals surface area contributed by atoms with E-state index in [1.54, 1.807) is 0 Å². The second-order valence-electron chi connectivity index (χ2n) is 3.76. The van der Waals surface area contributed by atoms with E-state index in [0.29, 0.717) is 0 Å². The Morgan fingerprint density at radius 3 is 2.53 bits per heavy atom. The first-order chi connectivity index (χ1) is 7.29. The van der Waals surface area contributed by atoms with Crippen LogP contribution in [0.5, 0.6) is 0 Å². The van der Waals surface area contributed by atoms with Crippen LogP contribution >= 0.6 is 22.6 Å². The first-order valence-electron chi connectivity index (χ1n) is 5.38. The standard InChI is InChI=1S/C11H16IN3/c1-2-14-5-7-15(8-6-14)11-4-3-10(12)9-13-11/h3-4,9H,2,5-8H2,1H3. The Hall–Kier alpha value is -0.360. The molecule has 4 heteroatoms. The fourth-order valence-electron chi connectivity index (χ4n) is 1.85. The second kappa shape index (κ2) is 5.12. The number of likely N-dealkylation sites (N-methyl/N-ethyl adjacent to an activating group) is 1. The summed E-state index contributed by atoms with van der Waals surface area (Å²) in [4.78, 5) is 9.29. The molecule has 1 aliphatic heterocycles. The van der Waals surface area contributed by atoms with Gasteiger partial charge in [0.1, 0.15) is 5.82 Å². The number of hydrogen-bond donors (Lipinski definition) is 0. The molecule has 1 aromatic heterocycles. The predicted octanol–water partition coefficient (Wildman–Crippen LogP) is 1.83. The van der Waals surface area contributed by atoms with Crippen molar-refractivity contribution in [2.75, 3.05) is 37.6 Å². The van der Waals surface area contributed by atoms with Gasteiger partial charge in [0.05, 0.1) is 0 Å². The van der Waals surface area contributed by atoms with Crippen molar-refractivity contribution in [1.82, 2.24) is 9.88 Å². The van der Waals surface area contributed by atoms with Crippen molar-refractivity contribution in [3.05, 3.63) is 21.9 Å². The van der Waals surface area contributed by atoms with Crippen LogP contribution in [0.25, 0.3) is 0 Å². The van der Waals surface area contributed by atoms with Crippen molar-refractivity contribution in [1.29, 1.82) is 0 Å². The Bertz CT molecular complexity index is 304. The molecule has 0 atom stereocenters. The molecular weight excluding hydrogens is 301 g/mol. The molecular formula is C11H16IN3. The van der Waals surface area contributed by atoms with Crippen molar-refractivity contribution in [2.24, 2.45) is 0 Å². The molecule has 0 aromatic carbocycles. The maximum Gasteiger partial charge on any atom is 0.128 e. The van der Waals surface area contributed by atoms with Crippen LogP contribution in [0.3, 0.4) is 0 Å². The van der Waals surface area contributed by atoms with Gasteiger partial charge in [0, 0.05) is 35.9 Å². The molecule has 0 aliphatic carbocycles. The molecule has 0 unspecified atom stereocenters. The fraction of sp³-hybridized carbons (Fsp3) is 0.545. The Morgan fingerprint density at radius 2 is 2.00 bits per heavy atom. The zero-order chi connectivity index (χ0) is 10.7. The second-order valence-corrected chi connectivity index (χ2v) is 5.00. The third-order valence-corrected chi connectivity index (χ3v) is 3.49. The third kappa shape index (κ3) is 2.81. The summed E-state index contributed by atoms with van der Waals surface area (Å²) in [5, 5.41) is 0. The van der Waals surface area contributed by atoms with E-state index < -0.39 is 0 Å². The first-order valence-corrected chi connectivity index (χ1v) is 6.46. The summed E-state index contributed by atoms with van der Waals surface area (Å²) in [7, 11) is 0. The predicted molar refractivity (Wildman–Crippen MR) is 71.3 cm³/mol. The minimum atomic E-state index is 1.10. The van der Waals surface area contributed by atoms with Crippen LogP contribution < -0.4 is 4.90 Å². The van der Waals surface area contributed by atoms with Crippen LogP contribution in [0.15, 0.2) is 18.3 Å². The van der Waals surface area contributed by atoms with E-state index in [2.05, 4.69) is 56.4 Å². The summed E-state index contributed by atoms with van der Waals surface area (Å²) >= 11 is 2.29. The summed E-state index contributed by atoms with van der Waals surface area (Å²) in [5.41, 5.74) is 0. The molecule has 1 aliphatic rings. The molecule has 3 nitrogen and oxygen atoms in total. The molecule has 0 spiro atoms. The molecule has 0 N–H and O–H groups in total. The summed E-state index contributed by atoms with van der Waals surface area (Å²) in [6.07, 6.45) is 1.93. The van der Waals surface area contributed by atoms with Gasteiger partial charge in [0.15, 0.2) is 0 Å². The number of rotatable bonds is 2. The van der Waals surface area contributed by atoms with Crippen LogP contribution in [0, 0.1) is 3.57 Å². The van der Waals surface area contributed by atoms with Gasteiger partial charge < -0.3 is 9.80 Å². The minimum absolute atomic E-state index is 1.10. The Kier molecular flexibility index (Phi) is 3.80. The summed E-state index contributed by atoms with van der Waals surface area (Å²) in [6, 6.07) is 4.23. The molecule has 1 aromatic rings. The summed E-state index contributed by atoms with van der Waals surface area (Å²) < 4.78 is 1.20. The number of aromatic nitrogens is 1. The van der Waals surface area contributed by atoms with Gasteiger partial charge in [-0.2, -0.15) is 0 Å². The monoisotopic (exact) mass is 317 g/mol. The van der Waals surface area contributed by atoms with E-state index in [4.69, 9.17) is 0 Å². The summed E-state index contributed by atoms with van der Waals surface area (Å²) in [5.74, 6) is 1.12. The smallest absolute Gasteiger partial charge is 0.128 e. The largest absolute Gasteiger partial charge is 0.354 e. The Balaban J connectivity index is 1.98. The van der Waals surface area contributed by atoms with Gasteiger partial charge in [-0.05, 0) is 41.3 Å². The number of nitrogens with zero attached hydrogens (tertiary/aromatic N) is 3. The maximum absolute atomic E-state index is 4.45. The van der Waals surface area contributed by atoms with E-state index in [1.807, 2.05) is 6.20 Å². The maximum atomic E-state index is 4.45. The zero-order valence-corrected chi connectivity index (χ0v) is 11.1. The normalized spacial score (nSPS) is 18.1. The van der Waals surface area contributed by atoms with Gasteiger partial charge >= 0.3 is 0 Å². The average molecular weight is 317 g/mol. The highest BCUT2D eigenvalue weighted by molar-refractivity contribution is 14.1. The van der Waals surface area contributed by atoms with E-state index in [-0.39, 0.29) is 0 Å². The first kappa shape index (κ1) is 11.1. The number of pyridine rings is 1. The van der Waals surface area contributed by atoms with Crippen molar-refractivity contribution >= 4 is 28.4 Å². The third-order valence-electron chi connectivity index (χ3n) is 2.86. The molecule has 2 heterocycles. The molecule has 0 saturated carbocycles. The molecule has 1 saturated heterocycles. The SMILES string of the molecule is CCN1CCN(c2ccc(I)cn2)CC1. The van der Waals surface area contributed by atoms with Crippen molar-refractivity contribution < 1.29 is 0 Å². The van der Waals surface area contributed by atoms with Gasteiger partial charge in [0.25, 0.3) is 0 Å². The van der Waals surface area contributed by atoms with Crippen molar-refractivity contribution in [3.8, 4) is 0 Å². The number of halogens is 1. The lowest BCUT2D eigenvalue weighted by Crippen LogP contribution is -2.46. The van der Waals surface area contributed by atoms with Crippen LogP contribution in [-0.2, 0) is 0 Å². The van der Waals surface area contributed by atoms with Gasteiger partial charge in [-0.15, -0.1) is 0 Å². The van der Waals surface area contributed by atoms with Gasteiger partial charge in [-0.3, -0.25) is 0 Å². The van der Waals surface area contributed by atoms with Crippen molar-refractivity contribution in [2.45, 2.75) is 6.92 Å². The molecule has 82 valence electrons. The topological polar surface area (TPSA) is 19.4 Å². The fourth-order valence-corrected chi connectivity index (χ4v) is 2.17. The lowest BCUT2D eigenvalue weighted by molar-refractivity contribution is 0.270. The molecule has 15 heavy (non-hydrogen) atoms. The minimum Gasteiger partial charge on any atom is -0.354 e. The van der Waals surface area contributed by atoms with Crippen LogP contribution in [0.1, 0.15) is 6.92 Å². The molecule has 0 radical (unpaired) electrons. The molecule has 1 fully saturated rings. The van der Waals surface area contributed by atoms with E-state index in [9.17, 15) is 0 Å². The van der Waals surface area contributed by atoms with Gasteiger partial charge in [-0.25, -0.2) is 4.98 Å². The number of anilines is 1. The van der Waals surface area contributed by atoms with Gasteiger partial charge in [-0.1, -0.05) is 6.92 Å². The Morgan fingerprint density at radius 1 is 1.27 bits per heavy atom. The van der Waals surface area contributed by atoms with Crippen molar-refractivity contribution in [3.63, 3.8) is 0 Å². The number of piperazine rings is 1. The van der Waals surface area contributed by atoms with E-state index in [1.165, 1.54) is 3.57 Å². The molecule has 0 amide bonds. The number of hydrogen-bond acceptors (Lipinski definition) is 3. The Labute approximate surface area is 105 Å². The highest BCUT2D eigenvalue weighted by Gasteiger charge is 2.16. The lowest BCUT2D eigenvalue weighted by Gasteiger charge is -2.34. The lowest BCUT2D eigenvalue weighted by atomic mass is 10.3. The molecule has 0 bridgehead atoms. The average Bonchev–Trinajstić information content (AvgIpc) is 2.30. The summed E-state index contributed by atoms with van der Waals surface area (Å²) in [6.45, 7) is 7.89. The zero-order valence-electron chi connectivity index (χ0n) is 8.99. The van der Waals surface area contributed by atoms with E-state index >= 15 is 0 Å². The van der Waals surface area contributed by atoms with E-state index in [0.717, 1.165) is 38.5 Å². The van der Waals surface area contributed by atoms with Gasteiger partial charge in [0.2, 0.25) is 0 Å². The quantitative estimate of drug-likeness (QED) is 0.776. The van der Waals surface area contributed by atoms with Crippen LogP contribution in [-0.4, -0.2) is 42.6 Å². The molecule has 2 rings (SSSR count). The van der Waals surface area contributed by atoms with Crippen LogP contribution in [0.4, 0.5) is 5.82 Å². The van der Waals surface area contributed by atoms with Crippen LogP contribution in [0.2, 0.25) is 0 Å². The highest BCUT2D eigenvalue weighted by Crippen LogP contribution is 2.14. The highest BCUT2D eigenvalue weighted by atomic mass is 127.